The van der Waals surface area contributed by atoms with Gasteiger partial charge in [-0.3, -0.25) is 4.79 Å². The Balaban J connectivity index is 2.16. The quantitative estimate of drug-likeness (QED) is 0.791. The molecule has 0 unspecified atom stereocenters. The lowest BCUT2D eigenvalue weighted by molar-refractivity contribution is 0.0939. The van der Waals surface area contributed by atoms with Gasteiger partial charge in [0.05, 0.1) is 6.61 Å². The van der Waals surface area contributed by atoms with Gasteiger partial charge in [0.25, 0.3) is 5.91 Å². The van der Waals surface area contributed by atoms with E-state index in [9.17, 15) is 4.79 Å². The molecule has 0 aliphatic heterocycles. The fourth-order valence-electron chi connectivity index (χ4n) is 2.22. The van der Waals surface area contributed by atoms with Crippen molar-refractivity contribution < 1.29 is 14.3 Å². The Morgan fingerprint density at radius 3 is 2.50 bits per heavy atom. The van der Waals surface area contributed by atoms with E-state index in [0.29, 0.717) is 18.8 Å². The van der Waals surface area contributed by atoms with Gasteiger partial charge >= 0.3 is 0 Å². The van der Waals surface area contributed by atoms with Crippen LogP contribution in [0.2, 0.25) is 0 Å². The van der Waals surface area contributed by atoms with Gasteiger partial charge in [0.15, 0.2) is 0 Å². The Morgan fingerprint density at radius 1 is 1.08 bits per heavy atom. The van der Waals surface area contributed by atoms with Crippen molar-refractivity contribution in [2.75, 3.05) is 6.61 Å². The molecule has 0 heterocycles. The van der Waals surface area contributed by atoms with Crippen molar-refractivity contribution in [3.8, 4) is 11.5 Å². The molecule has 1 atom stereocenters. The molecule has 1 N–H and O–H groups in total. The second kappa shape index (κ2) is 8.96. The fourth-order valence-corrected chi connectivity index (χ4v) is 2.22. The molecule has 0 bridgehead atoms. The molecule has 0 aliphatic carbocycles. The molecule has 0 fully saturated rings. The number of amides is 1. The zero-order valence-electron chi connectivity index (χ0n) is 14.5. The van der Waals surface area contributed by atoms with E-state index in [1.165, 1.54) is 0 Å². The maximum Gasteiger partial charge on any atom is 0.251 e. The molecule has 128 valence electrons. The summed E-state index contributed by atoms with van der Waals surface area (Å²) in [5, 5.41) is 2.98. The van der Waals surface area contributed by atoms with E-state index >= 15 is 0 Å². The third kappa shape index (κ3) is 5.01. The first-order chi connectivity index (χ1) is 11.6. The molecule has 2 aromatic rings. The van der Waals surface area contributed by atoms with E-state index in [0.717, 1.165) is 23.5 Å². The highest BCUT2D eigenvalue weighted by Gasteiger charge is 2.12. The van der Waals surface area contributed by atoms with Gasteiger partial charge in [-0.2, -0.15) is 0 Å². The van der Waals surface area contributed by atoms with Crippen LogP contribution in [0.3, 0.4) is 0 Å². The molecule has 1 amide bonds. The summed E-state index contributed by atoms with van der Waals surface area (Å²) in [4.78, 5) is 12.3. The van der Waals surface area contributed by atoms with Crippen molar-refractivity contribution in [2.45, 2.75) is 39.8 Å². The topological polar surface area (TPSA) is 47.6 Å². The van der Waals surface area contributed by atoms with E-state index < -0.39 is 0 Å². The predicted octanol–water partition coefficient (Wildman–Crippen LogP) is 4.19. The molecule has 4 nitrogen and oxygen atoms in total. The number of ether oxygens (including phenoxy) is 2. The Bertz CT molecular complexity index is 655. The zero-order valence-corrected chi connectivity index (χ0v) is 14.5. The molecule has 0 aromatic heterocycles. The first-order valence-corrected chi connectivity index (χ1v) is 8.38. The number of hydrogen-bond donors (Lipinski definition) is 1. The molecule has 0 spiro atoms. The Kier molecular flexibility index (Phi) is 6.67. The van der Waals surface area contributed by atoms with Gasteiger partial charge in [-0.1, -0.05) is 25.1 Å². The zero-order chi connectivity index (χ0) is 17.4. The van der Waals surface area contributed by atoms with E-state index in [1.807, 2.05) is 63.2 Å². The van der Waals surface area contributed by atoms with Crippen molar-refractivity contribution in [3.05, 3.63) is 59.7 Å². The summed E-state index contributed by atoms with van der Waals surface area (Å²) >= 11 is 0. The minimum atomic E-state index is -0.0756. The first-order valence-electron chi connectivity index (χ1n) is 8.38. The van der Waals surface area contributed by atoms with Gasteiger partial charge in [-0.05, 0) is 50.6 Å². The van der Waals surface area contributed by atoms with Crippen molar-refractivity contribution in [1.29, 1.82) is 0 Å². The van der Waals surface area contributed by atoms with Gasteiger partial charge in [-0.25, -0.2) is 0 Å². The molecule has 24 heavy (non-hydrogen) atoms. The standard InChI is InChI=1S/C20H25NO3/c1-4-15(3)21-20(22)16-11-12-19(23-5-2)17(13-16)14-24-18-9-7-6-8-10-18/h6-13,15H,4-5,14H2,1-3H3,(H,21,22)/t15-/m0/s1. The number of benzene rings is 2. The molecular weight excluding hydrogens is 302 g/mol. The minimum absolute atomic E-state index is 0.0756. The summed E-state index contributed by atoms with van der Waals surface area (Å²) in [6.45, 7) is 6.89. The Labute approximate surface area is 143 Å². The second-order valence-electron chi connectivity index (χ2n) is 5.64. The summed E-state index contributed by atoms with van der Waals surface area (Å²) < 4.78 is 11.5. The molecule has 0 aliphatic rings. The molecule has 2 rings (SSSR count). The third-order valence-corrected chi connectivity index (χ3v) is 3.75. The molecule has 2 aromatic carbocycles. The summed E-state index contributed by atoms with van der Waals surface area (Å²) in [6, 6.07) is 15.2. The normalized spacial score (nSPS) is 11.6. The van der Waals surface area contributed by atoms with Gasteiger partial charge in [0, 0.05) is 17.2 Å². The summed E-state index contributed by atoms with van der Waals surface area (Å²) in [5.74, 6) is 1.45. The lowest BCUT2D eigenvalue weighted by Gasteiger charge is -2.15. The minimum Gasteiger partial charge on any atom is -0.493 e. The van der Waals surface area contributed by atoms with E-state index in [2.05, 4.69) is 5.32 Å². The molecule has 0 saturated heterocycles. The van der Waals surface area contributed by atoms with Crippen molar-refractivity contribution in [2.24, 2.45) is 0 Å². The van der Waals surface area contributed by atoms with Gasteiger partial charge < -0.3 is 14.8 Å². The number of hydrogen-bond acceptors (Lipinski definition) is 3. The summed E-state index contributed by atoms with van der Waals surface area (Å²) in [7, 11) is 0. The average Bonchev–Trinajstić information content (AvgIpc) is 2.61. The third-order valence-electron chi connectivity index (χ3n) is 3.75. The molecule has 0 radical (unpaired) electrons. The number of rotatable bonds is 8. The second-order valence-corrected chi connectivity index (χ2v) is 5.64. The number of para-hydroxylation sites is 1. The smallest absolute Gasteiger partial charge is 0.251 e. The van der Waals surface area contributed by atoms with Crippen LogP contribution in [0.25, 0.3) is 0 Å². The fraction of sp³-hybridized carbons (Fsp3) is 0.350. The van der Waals surface area contributed by atoms with Crippen LogP contribution in [0.15, 0.2) is 48.5 Å². The molecule has 0 saturated carbocycles. The van der Waals surface area contributed by atoms with Gasteiger partial charge in [-0.15, -0.1) is 0 Å². The molecule has 4 heteroatoms. The number of nitrogens with one attached hydrogen (secondary N) is 1. The van der Waals surface area contributed by atoms with E-state index in [1.54, 1.807) is 6.07 Å². The highest BCUT2D eigenvalue weighted by Crippen LogP contribution is 2.23. The van der Waals surface area contributed by atoms with Crippen LogP contribution in [0.1, 0.15) is 43.1 Å². The number of carbonyl (C=O) groups excluding carboxylic acids is 1. The largest absolute Gasteiger partial charge is 0.493 e. The lowest BCUT2D eigenvalue weighted by Crippen LogP contribution is -2.32. The maximum atomic E-state index is 12.3. The Morgan fingerprint density at radius 2 is 1.83 bits per heavy atom. The van der Waals surface area contributed by atoms with Gasteiger partial charge in [0.2, 0.25) is 0 Å². The Hall–Kier alpha value is -2.49. The van der Waals surface area contributed by atoms with E-state index in [4.69, 9.17) is 9.47 Å². The molecular formula is C20H25NO3. The van der Waals surface area contributed by atoms with Crippen LogP contribution in [0.5, 0.6) is 11.5 Å². The maximum absolute atomic E-state index is 12.3. The number of carbonyl (C=O) groups is 1. The van der Waals surface area contributed by atoms with Crippen LogP contribution in [-0.4, -0.2) is 18.6 Å². The van der Waals surface area contributed by atoms with Crippen molar-refractivity contribution in [1.82, 2.24) is 5.32 Å². The predicted molar refractivity (Wildman–Crippen MR) is 95.6 cm³/mol. The summed E-state index contributed by atoms with van der Waals surface area (Å²) in [6.07, 6.45) is 0.896. The van der Waals surface area contributed by atoms with E-state index in [-0.39, 0.29) is 11.9 Å². The van der Waals surface area contributed by atoms with Crippen molar-refractivity contribution in [3.63, 3.8) is 0 Å². The highest BCUT2D eigenvalue weighted by atomic mass is 16.5. The first kappa shape index (κ1) is 17.9. The highest BCUT2D eigenvalue weighted by molar-refractivity contribution is 5.94. The average molecular weight is 327 g/mol. The van der Waals surface area contributed by atoms with Crippen LogP contribution >= 0.6 is 0 Å². The van der Waals surface area contributed by atoms with Crippen LogP contribution < -0.4 is 14.8 Å². The lowest BCUT2D eigenvalue weighted by atomic mass is 10.1. The van der Waals surface area contributed by atoms with Crippen LogP contribution in [0, 0.1) is 0 Å². The van der Waals surface area contributed by atoms with Crippen LogP contribution in [0.4, 0.5) is 0 Å². The SMILES string of the molecule is CCOc1ccc(C(=O)N[C@@H](C)CC)cc1COc1ccccc1. The summed E-state index contributed by atoms with van der Waals surface area (Å²) in [5.41, 5.74) is 1.47. The van der Waals surface area contributed by atoms with Crippen molar-refractivity contribution >= 4 is 5.91 Å². The van der Waals surface area contributed by atoms with Crippen LogP contribution in [-0.2, 0) is 6.61 Å². The monoisotopic (exact) mass is 327 g/mol. The van der Waals surface area contributed by atoms with Gasteiger partial charge in [0.1, 0.15) is 18.1 Å².